The summed E-state index contributed by atoms with van der Waals surface area (Å²) in [5.41, 5.74) is 0. The Morgan fingerprint density at radius 1 is 1.67 bits per heavy atom. The Balaban J connectivity index is 2.43. The van der Waals surface area contributed by atoms with Crippen LogP contribution in [-0.2, 0) is 14.4 Å². The average molecular weight is 173 g/mol. The van der Waals surface area contributed by atoms with E-state index in [4.69, 9.17) is 9.57 Å². The van der Waals surface area contributed by atoms with Crippen LogP contribution in [0.2, 0.25) is 0 Å². The summed E-state index contributed by atoms with van der Waals surface area (Å²) >= 11 is 0. The van der Waals surface area contributed by atoms with E-state index in [9.17, 15) is 4.79 Å². The first kappa shape index (κ1) is 9.48. The van der Waals surface area contributed by atoms with Crippen molar-refractivity contribution in [1.82, 2.24) is 5.06 Å². The number of hydroxylamine groups is 2. The minimum atomic E-state index is -0.301. The zero-order chi connectivity index (χ0) is 9.14. The van der Waals surface area contributed by atoms with Crippen molar-refractivity contribution in [3.8, 4) is 0 Å². The van der Waals surface area contributed by atoms with Crippen LogP contribution in [0.3, 0.4) is 0 Å². The molecule has 0 aromatic heterocycles. The third kappa shape index (κ3) is 1.95. The second-order valence-electron chi connectivity index (χ2n) is 3.18. The summed E-state index contributed by atoms with van der Waals surface area (Å²) in [5, 5.41) is 1.21. The van der Waals surface area contributed by atoms with Gasteiger partial charge in [-0.05, 0) is 12.3 Å². The summed E-state index contributed by atoms with van der Waals surface area (Å²) < 4.78 is 5.28. The maximum absolute atomic E-state index is 11.4. The molecule has 1 fully saturated rings. The number of carbonyl (C=O) groups excluding carboxylic acids is 1. The molecule has 0 N–H and O–H groups in total. The van der Waals surface area contributed by atoms with Crippen LogP contribution in [0.25, 0.3) is 0 Å². The van der Waals surface area contributed by atoms with Crippen molar-refractivity contribution in [3.05, 3.63) is 0 Å². The summed E-state index contributed by atoms with van der Waals surface area (Å²) in [6.07, 6.45) is 0.497. The van der Waals surface area contributed by atoms with Gasteiger partial charge >= 0.3 is 0 Å². The van der Waals surface area contributed by atoms with Gasteiger partial charge in [-0.2, -0.15) is 0 Å². The van der Waals surface area contributed by atoms with Crippen LogP contribution in [0.5, 0.6) is 0 Å². The molecule has 0 aromatic carbocycles. The van der Waals surface area contributed by atoms with Crippen LogP contribution in [0.15, 0.2) is 0 Å². The Hall–Kier alpha value is -0.610. The number of amides is 1. The molecule has 0 bridgehead atoms. The summed E-state index contributed by atoms with van der Waals surface area (Å²) in [4.78, 5) is 16.2. The lowest BCUT2D eigenvalue weighted by atomic mass is 10.1. The van der Waals surface area contributed by atoms with Gasteiger partial charge in [-0.25, -0.2) is 5.06 Å². The second kappa shape index (κ2) is 3.87. The van der Waals surface area contributed by atoms with Gasteiger partial charge in [0.05, 0.1) is 13.7 Å². The minimum absolute atomic E-state index is 0.0955. The normalized spacial score (nSPS) is 28.9. The molecular formula is C8H15NO3. The molecule has 1 saturated heterocycles. The zero-order valence-corrected chi connectivity index (χ0v) is 7.74. The minimum Gasteiger partial charge on any atom is -0.368 e. The molecule has 0 aromatic rings. The van der Waals surface area contributed by atoms with E-state index >= 15 is 0 Å². The van der Waals surface area contributed by atoms with Gasteiger partial charge in [0.25, 0.3) is 5.91 Å². The molecule has 0 unspecified atom stereocenters. The highest BCUT2D eigenvalue weighted by atomic mass is 16.7. The second-order valence-corrected chi connectivity index (χ2v) is 3.18. The largest absolute Gasteiger partial charge is 0.368 e. The van der Waals surface area contributed by atoms with E-state index in [1.165, 1.54) is 12.2 Å². The lowest BCUT2D eigenvalue weighted by Crippen LogP contribution is -2.35. The van der Waals surface area contributed by atoms with E-state index < -0.39 is 0 Å². The third-order valence-corrected chi connectivity index (χ3v) is 2.06. The molecule has 1 aliphatic rings. The fourth-order valence-electron chi connectivity index (χ4n) is 1.25. The van der Waals surface area contributed by atoms with Gasteiger partial charge in [-0.1, -0.05) is 6.92 Å². The molecule has 0 radical (unpaired) electrons. The molecule has 4 heteroatoms. The molecule has 1 aliphatic heterocycles. The summed E-state index contributed by atoms with van der Waals surface area (Å²) in [5.74, 6) is 0.381. The van der Waals surface area contributed by atoms with Crippen LogP contribution in [0.4, 0.5) is 0 Å². The van der Waals surface area contributed by atoms with Crippen molar-refractivity contribution in [1.29, 1.82) is 0 Å². The molecular weight excluding hydrogens is 158 g/mol. The van der Waals surface area contributed by atoms with E-state index in [0.717, 1.165) is 6.42 Å². The summed E-state index contributed by atoms with van der Waals surface area (Å²) in [6, 6.07) is 0. The quantitative estimate of drug-likeness (QED) is 0.568. The average Bonchev–Trinajstić information content (AvgIpc) is 2.49. The molecule has 0 spiro atoms. The van der Waals surface area contributed by atoms with Gasteiger partial charge in [-0.3, -0.25) is 9.63 Å². The highest BCUT2D eigenvalue weighted by Gasteiger charge is 2.30. The van der Waals surface area contributed by atoms with Gasteiger partial charge in [0.2, 0.25) is 0 Å². The highest BCUT2D eigenvalue weighted by Crippen LogP contribution is 2.19. The molecule has 0 saturated carbocycles. The maximum atomic E-state index is 11.4. The van der Waals surface area contributed by atoms with Gasteiger partial charge in [0, 0.05) is 7.05 Å². The molecule has 1 amide bonds. The van der Waals surface area contributed by atoms with Crippen LogP contribution in [-0.4, -0.2) is 37.8 Å². The standard InChI is InChI=1S/C8H15NO3/c1-6-4-7(12-5-6)8(10)9(2)11-3/h6-7H,4-5H2,1-3H3/t6-,7+/m0/s1. The SMILES string of the molecule is CON(C)C(=O)[C@H]1C[C@H](C)CO1. The fraction of sp³-hybridized carbons (Fsp3) is 0.875. The van der Waals surface area contributed by atoms with Crippen LogP contribution in [0, 0.1) is 5.92 Å². The smallest absolute Gasteiger partial charge is 0.274 e. The van der Waals surface area contributed by atoms with Crippen molar-refractivity contribution in [2.75, 3.05) is 20.8 Å². The predicted molar refractivity (Wildman–Crippen MR) is 43.3 cm³/mol. The van der Waals surface area contributed by atoms with Crippen molar-refractivity contribution in [3.63, 3.8) is 0 Å². The van der Waals surface area contributed by atoms with Crippen LogP contribution < -0.4 is 0 Å². The number of hydrogen-bond donors (Lipinski definition) is 0. The molecule has 2 atom stereocenters. The van der Waals surface area contributed by atoms with Gasteiger partial charge in [0.15, 0.2) is 0 Å². The van der Waals surface area contributed by atoms with E-state index in [2.05, 4.69) is 6.92 Å². The predicted octanol–water partition coefficient (Wildman–Crippen LogP) is 0.431. The molecule has 1 heterocycles. The molecule has 0 aliphatic carbocycles. The van der Waals surface area contributed by atoms with E-state index in [1.807, 2.05) is 0 Å². The Bertz CT molecular complexity index is 172. The van der Waals surface area contributed by atoms with E-state index in [0.29, 0.717) is 12.5 Å². The van der Waals surface area contributed by atoms with Crippen molar-refractivity contribution in [2.45, 2.75) is 19.4 Å². The number of rotatable bonds is 2. The highest BCUT2D eigenvalue weighted by molar-refractivity contribution is 5.79. The Labute approximate surface area is 72.4 Å². The van der Waals surface area contributed by atoms with E-state index in [-0.39, 0.29) is 12.0 Å². The molecule has 4 nitrogen and oxygen atoms in total. The molecule has 70 valence electrons. The Kier molecular flexibility index (Phi) is 3.05. The zero-order valence-electron chi connectivity index (χ0n) is 7.74. The summed E-state index contributed by atoms with van der Waals surface area (Å²) in [6.45, 7) is 2.74. The number of carbonyl (C=O) groups is 1. The third-order valence-electron chi connectivity index (χ3n) is 2.06. The Morgan fingerprint density at radius 3 is 2.75 bits per heavy atom. The molecule has 12 heavy (non-hydrogen) atoms. The van der Waals surface area contributed by atoms with Crippen molar-refractivity contribution >= 4 is 5.91 Å². The number of ether oxygens (including phenoxy) is 1. The monoisotopic (exact) mass is 173 g/mol. The first-order chi connectivity index (χ1) is 5.65. The van der Waals surface area contributed by atoms with E-state index in [1.54, 1.807) is 7.05 Å². The van der Waals surface area contributed by atoms with Gasteiger partial charge in [-0.15, -0.1) is 0 Å². The number of nitrogens with zero attached hydrogens (tertiary/aromatic N) is 1. The Morgan fingerprint density at radius 2 is 2.33 bits per heavy atom. The van der Waals surface area contributed by atoms with Crippen molar-refractivity contribution < 1.29 is 14.4 Å². The topological polar surface area (TPSA) is 38.8 Å². The van der Waals surface area contributed by atoms with Crippen molar-refractivity contribution in [2.24, 2.45) is 5.92 Å². The lowest BCUT2D eigenvalue weighted by Gasteiger charge is -2.17. The van der Waals surface area contributed by atoms with Crippen LogP contribution >= 0.6 is 0 Å². The lowest BCUT2D eigenvalue weighted by molar-refractivity contribution is -0.178. The van der Waals surface area contributed by atoms with Crippen LogP contribution in [0.1, 0.15) is 13.3 Å². The maximum Gasteiger partial charge on any atom is 0.274 e. The number of likely N-dealkylation sites (N-methyl/N-ethyl adjacent to an activating group) is 1. The number of hydrogen-bond acceptors (Lipinski definition) is 3. The molecule has 1 rings (SSSR count). The van der Waals surface area contributed by atoms with Gasteiger partial charge < -0.3 is 4.74 Å². The van der Waals surface area contributed by atoms with Gasteiger partial charge in [0.1, 0.15) is 6.10 Å². The first-order valence-corrected chi connectivity index (χ1v) is 4.08. The fourth-order valence-corrected chi connectivity index (χ4v) is 1.25. The first-order valence-electron chi connectivity index (χ1n) is 4.08. The summed E-state index contributed by atoms with van der Waals surface area (Å²) in [7, 11) is 3.06.